The molecule has 282 valence electrons. The number of phenolic OH excluding ortho intramolecular Hbond substituents is 2. The maximum atomic E-state index is 9.96. The molecule has 0 saturated heterocycles. The molecule has 0 atom stereocenters. The molecule has 1 aliphatic rings. The smallest absolute Gasteiger partial charge is 0.138 e. The van der Waals surface area contributed by atoms with Gasteiger partial charge in [-0.05, 0) is 130 Å². The molecule has 0 bridgehead atoms. The minimum absolute atomic E-state index is 0.000211. The third kappa shape index (κ3) is 7.15. The van der Waals surface area contributed by atoms with E-state index in [1.54, 1.807) is 24.3 Å². The minimum Gasteiger partial charge on any atom is -0.506 e. The largest absolute Gasteiger partial charge is 0.506 e. The third-order valence-corrected chi connectivity index (χ3v) is 10.4. The number of fused-ring (bicyclic) bond motifs is 3. The highest BCUT2D eigenvalue weighted by atomic mass is 16.5. The van der Waals surface area contributed by atoms with Crippen LogP contribution in [0.3, 0.4) is 0 Å². The lowest BCUT2D eigenvalue weighted by atomic mass is 9.67. The molecule has 0 spiro atoms. The van der Waals surface area contributed by atoms with Crippen molar-refractivity contribution in [1.29, 1.82) is 0 Å². The molecule has 6 N–H and O–H groups in total. The summed E-state index contributed by atoms with van der Waals surface area (Å²) in [6, 6.07) is 58.6. The fourth-order valence-corrected chi connectivity index (χ4v) is 7.62. The summed E-state index contributed by atoms with van der Waals surface area (Å²) in [6.45, 7) is 0. The lowest BCUT2D eigenvalue weighted by Gasteiger charge is -2.34. The molecule has 8 aromatic rings. The second-order valence-electron chi connectivity index (χ2n) is 14.2. The van der Waals surface area contributed by atoms with Gasteiger partial charge in [0.25, 0.3) is 0 Å². The number of hydrogen-bond donors (Lipinski definition) is 4. The Hall–Kier alpha value is -8.32. The van der Waals surface area contributed by atoms with Crippen molar-refractivity contribution in [3.05, 3.63) is 226 Å². The van der Waals surface area contributed by atoms with E-state index in [4.69, 9.17) is 20.9 Å². The molecule has 6 nitrogen and oxygen atoms in total. The van der Waals surface area contributed by atoms with Gasteiger partial charge in [-0.3, -0.25) is 0 Å². The van der Waals surface area contributed by atoms with E-state index in [0.717, 1.165) is 55.6 Å². The fraction of sp³-hybridized carbons (Fsp3) is 0.0189. The van der Waals surface area contributed by atoms with Gasteiger partial charge in [0.1, 0.15) is 34.5 Å². The van der Waals surface area contributed by atoms with Gasteiger partial charge in [-0.15, -0.1) is 0 Å². The van der Waals surface area contributed by atoms with E-state index in [1.165, 1.54) is 12.1 Å². The van der Waals surface area contributed by atoms with E-state index in [0.29, 0.717) is 23.0 Å². The first-order valence-electron chi connectivity index (χ1n) is 19.0. The zero-order valence-electron chi connectivity index (χ0n) is 31.7. The van der Waals surface area contributed by atoms with E-state index in [9.17, 15) is 10.2 Å². The van der Waals surface area contributed by atoms with Crippen LogP contribution in [0, 0.1) is 23.7 Å². The van der Waals surface area contributed by atoms with Crippen molar-refractivity contribution in [1.82, 2.24) is 0 Å². The second kappa shape index (κ2) is 15.3. The van der Waals surface area contributed by atoms with Crippen LogP contribution in [0.25, 0.3) is 11.1 Å². The summed E-state index contributed by atoms with van der Waals surface area (Å²) >= 11 is 0. The Bertz CT molecular complexity index is 2770. The second-order valence-corrected chi connectivity index (χ2v) is 14.2. The molecule has 0 amide bonds. The molecule has 0 unspecified atom stereocenters. The van der Waals surface area contributed by atoms with Crippen LogP contribution >= 0.6 is 0 Å². The summed E-state index contributed by atoms with van der Waals surface area (Å²) < 4.78 is 12.4. The zero-order valence-corrected chi connectivity index (χ0v) is 31.7. The van der Waals surface area contributed by atoms with Crippen molar-refractivity contribution in [2.75, 3.05) is 11.5 Å². The van der Waals surface area contributed by atoms with Crippen LogP contribution in [0.1, 0.15) is 44.5 Å². The van der Waals surface area contributed by atoms with Crippen LogP contribution in [0.4, 0.5) is 11.4 Å². The maximum Gasteiger partial charge on any atom is 0.138 e. The van der Waals surface area contributed by atoms with Gasteiger partial charge in [-0.1, -0.05) is 96.5 Å². The Morgan fingerprint density at radius 1 is 0.373 bits per heavy atom. The lowest BCUT2D eigenvalue weighted by Crippen LogP contribution is -2.28. The zero-order chi connectivity index (χ0) is 40.3. The van der Waals surface area contributed by atoms with E-state index >= 15 is 0 Å². The Labute approximate surface area is 342 Å². The quantitative estimate of drug-likeness (QED) is 0.0762. The molecule has 0 aliphatic heterocycles. The van der Waals surface area contributed by atoms with Crippen LogP contribution in [0.2, 0.25) is 0 Å². The number of aromatic hydroxyl groups is 2. The summed E-state index contributed by atoms with van der Waals surface area (Å²) in [7, 11) is 0. The molecular weight excluding hydrogens is 729 g/mol. The highest BCUT2D eigenvalue weighted by molar-refractivity contribution is 5.88. The predicted octanol–water partition coefficient (Wildman–Crippen LogP) is 11.0. The predicted molar refractivity (Wildman–Crippen MR) is 234 cm³/mol. The molecule has 59 heavy (non-hydrogen) atoms. The summed E-state index contributed by atoms with van der Waals surface area (Å²) in [4.78, 5) is 0. The van der Waals surface area contributed by atoms with Gasteiger partial charge in [0.2, 0.25) is 0 Å². The molecule has 0 saturated carbocycles. The first-order valence-corrected chi connectivity index (χ1v) is 19.0. The average Bonchev–Trinajstić information content (AvgIpc) is 3.55. The number of phenols is 2. The van der Waals surface area contributed by atoms with Crippen LogP contribution in [0.15, 0.2) is 182 Å². The van der Waals surface area contributed by atoms with Crippen molar-refractivity contribution in [2.24, 2.45) is 0 Å². The fourth-order valence-electron chi connectivity index (χ4n) is 7.62. The van der Waals surface area contributed by atoms with Crippen molar-refractivity contribution >= 4 is 11.4 Å². The van der Waals surface area contributed by atoms with Gasteiger partial charge >= 0.3 is 0 Å². The van der Waals surface area contributed by atoms with Gasteiger partial charge in [0.15, 0.2) is 0 Å². The topological polar surface area (TPSA) is 111 Å². The number of benzene rings is 8. The van der Waals surface area contributed by atoms with Crippen molar-refractivity contribution < 1.29 is 19.7 Å². The van der Waals surface area contributed by atoms with Crippen LogP contribution in [-0.2, 0) is 5.41 Å². The highest BCUT2D eigenvalue weighted by Gasteiger charge is 2.46. The van der Waals surface area contributed by atoms with E-state index < -0.39 is 5.41 Å². The van der Waals surface area contributed by atoms with E-state index in [-0.39, 0.29) is 22.9 Å². The van der Waals surface area contributed by atoms with Crippen molar-refractivity contribution in [2.45, 2.75) is 5.41 Å². The van der Waals surface area contributed by atoms with Gasteiger partial charge in [0, 0.05) is 34.4 Å². The standard InChI is InChI=1S/C53H36N2O4/c54-49-33-43(25-29-51(49)56)58-41-21-17-39(18-22-41)53(40-19-23-42(24-20-40)59-44-26-30-52(57)50(55)34-44)47-27-15-37(13-11-35-7-3-1-4-8-35)31-45(47)46-32-38(16-28-48(46)53)14-12-36-9-5-2-6-10-36/h1-10,15-34,56-57H,54-55H2. The van der Waals surface area contributed by atoms with E-state index in [2.05, 4.69) is 84.3 Å². The normalized spacial score (nSPS) is 11.9. The number of nitrogens with two attached hydrogens (primary N) is 2. The molecule has 1 aliphatic carbocycles. The van der Waals surface area contributed by atoms with Crippen LogP contribution in [0.5, 0.6) is 34.5 Å². The SMILES string of the molecule is Nc1cc(Oc2ccc(C3(c4ccc(Oc5ccc(O)c(N)c5)cc4)c4ccc(C#Cc5ccccc5)cc4-c4cc(C#Cc5ccccc5)ccc43)cc2)ccc1O. The highest BCUT2D eigenvalue weighted by Crippen LogP contribution is 2.57. The molecular formula is C53H36N2O4. The van der Waals surface area contributed by atoms with Gasteiger partial charge < -0.3 is 31.2 Å². The third-order valence-electron chi connectivity index (χ3n) is 10.4. The molecule has 0 fully saturated rings. The Morgan fingerprint density at radius 2 is 0.746 bits per heavy atom. The molecule has 9 rings (SSSR count). The number of anilines is 2. The van der Waals surface area contributed by atoms with Crippen LogP contribution in [-0.4, -0.2) is 10.2 Å². The van der Waals surface area contributed by atoms with Gasteiger partial charge in [0.05, 0.1) is 16.8 Å². The van der Waals surface area contributed by atoms with Crippen molar-refractivity contribution in [3.63, 3.8) is 0 Å². The Kier molecular flexibility index (Phi) is 9.43. The van der Waals surface area contributed by atoms with Crippen molar-refractivity contribution in [3.8, 4) is 69.3 Å². The summed E-state index contributed by atoms with van der Waals surface area (Å²) in [5.41, 5.74) is 21.6. The number of hydrogen-bond acceptors (Lipinski definition) is 6. The monoisotopic (exact) mass is 764 g/mol. The lowest BCUT2D eigenvalue weighted by molar-refractivity contribution is 0.466. The van der Waals surface area contributed by atoms with Gasteiger partial charge in [-0.25, -0.2) is 0 Å². The Balaban J connectivity index is 1.21. The number of nitrogen functional groups attached to an aromatic ring is 2. The minimum atomic E-state index is -0.773. The first-order chi connectivity index (χ1) is 28.8. The summed E-state index contributed by atoms with van der Waals surface area (Å²) in [6.07, 6.45) is 0. The maximum absolute atomic E-state index is 9.96. The van der Waals surface area contributed by atoms with E-state index in [1.807, 2.05) is 84.9 Å². The summed E-state index contributed by atoms with van der Waals surface area (Å²) in [5.74, 6) is 15.7. The molecule has 0 aromatic heterocycles. The molecule has 6 heteroatoms. The molecule has 0 radical (unpaired) electrons. The number of rotatable bonds is 6. The summed E-state index contributed by atoms with van der Waals surface area (Å²) in [5, 5.41) is 19.9. The average molecular weight is 765 g/mol. The van der Waals surface area contributed by atoms with Gasteiger partial charge in [-0.2, -0.15) is 0 Å². The Morgan fingerprint density at radius 3 is 1.14 bits per heavy atom. The number of ether oxygens (including phenoxy) is 2. The molecule has 0 heterocycles. The molecule has 8 aromatic carbocycles. The van der Waals surface area contributed by atoms with Crippen LogP contribution < -0.4 is 20.9 Å². The first kappa shape index (κ1) is 36.3.